The first-order chi connectivity index (χ1) is 12.7. The number of rotatable bonds is 6. The van der Waals surface area contributed by atoms with Crippen LogP contribution in [0.4, 0.5) is 13.2 Å². The highest BCUT2D eigenvalue weighted by Gasteiger charge is 2.30. The molecule has 27 heavy (non-hydrogen) atoms. The Hall–Kier alpha value is -3.10. The second kappa shape index (κ2) is 8.52. The van der Waals surface area contributed by atoms with Crippen LogP contribution in [-0.2, 0) is 22.3 Å². The van der Waals surface area contributed by atoms with Crippen LogP contribution in [0.3, 0.4) is 0 Å². The summed E-state index contributed by atoms with van der Waals surface area (Å²) in [5.74, 6) is -0.710. The van der Waals surface area contributed by atoms with Crippen molar-refractivity contribution in [2.75, 3.05) is 0 Å². The summed E-state index contributed by atoms with van der Waals surface area (Å²) < 4.78 is 43.9. The first-order valence-corrected chi connectivity index (χ1v) is 8.00. The molecule has 6 nitrogen and oxygen atoms in total. The SMILES string of the molecule is CC(=O)N[C@@H](C)C(=O)NCc1cccnc1Oc1cccc(C(F)(F)F)c1. The lowest BCUT2D eigenvalue weighted by Crippen LogP contribution is -2.43. The molecule has 0 saturated carbocycles. The Bertz CT molecular complexity index is 825. The second-order valence-corrected chi connectivity index (χ2v) is 5.74. The fourth-order valence-electron chi connectivity index (χ4n) is 2.20. The highest BCUT2D eigenvalue weighted by Crippen LogP contribution is 2.32. The first-order valence-electron chi connectivity index (χ1n) is 8.00. The van der Waals surface area contributed by atoms with Crippen LogP contribution < -0.4 is 15.4 Å². The van der Waals surface area contributed by atoms with Crippen molar-refractivity contribution in [1.29, 1.82) is 0 Å². The van der Waals surface area contributed by atoms with Crippen LogP contribution in [0.15, 0.2) is 42.6 Å². The van der Waals surface area contributed by atoms with Gasteiger partial charge in [0.2, 0.25) is 17.7 Å². The molecule has 0 radical (unpaired) electrons. The fourth-order valence-corrected chi connectivity index (χ4v) is 2.20. The molecule has 144 valence electrons. The predicted octanol–water partition coefficient (Wildman–Crippen LogP) is 3.03. The number of aromatic nitrogens is 1. The second-order valence-electron chi connectivity index (χ2n) is 5.74. The molecule has 2 N–H and O–H groups in total. The summed E-state index contributed by atoms with van der Waals surface area (Å²) in [6.07, 6.45) is -3.06. The molecule has 1 aromatic heterocycles. The summed E-state index contributed by atoms with van der Waals surface area (Å²) in [5.41, 5.74) is -0.367. The third-order valence-corrected chi connectivity index (χ3v) is 3.49. The zero-order chi connectivity index (χ0) is 20.0. The Morgan fingerprint density at radius 2 is 1.96 bits per heavy atom. The molecule has 1 aromatic carbocycles. The van der Waals surface area contributed by atoms with E-state index in [4.69, 9.17) is 4.74 Å². The number of ether oxygens (including phenoxy) is 1. The molecule has 0 spiro atoms. The number of halogens is 3. The van der Waals surface area contributed by atoms with Gasteiger partial charge in [-0.2, -0.15) is 13.2 Å². The third kappa shape index (κ3) is 5.98. The molecule has 0 aliphatic heterocycles. The number of carbonyl (C=O) groups is 2. The largest absolute Gasteiger partial charge is 0.439 e. The predicted molar refractivity (Wildman–Crippen MR) is 90.9 cm³/mol. The highest BCUT2D eigenvalue weighted by atomic mass is 19.4. The van der Waals surface area contributed by atoms with Gasteiger partial charge < -0.3 is 15.4 Å². The number of nitrogens with zero attached hydrogens (tertiary/aromatic N) is 1. The quantitative estimate of drug-likeness (QED) is 0.806. The molecule has 0 saturated heterocycles. The zero-order valence-electron chi connectivity index (χ0n) is 14.6. The van der Waals surface area contributed by atoms with Crippen LogP contribution in [0.5, 0.6) is 11.6 Å². The maximum absolute atomic E-state index is 12.8. The minimum Gasteiger partial charge on any atom is -0.439 e. The Morgan fingerprint density at radius 1 is 1.22 bits per heavy atom. The van der Waals surface area contributed by atoms with Gasteiger partial charge in [0.1, 0.15) is 11.8 Å². The van der Waals surface area contributed by atoms with Gasteiger partial charge in [-0.15, -0.1) is 0 Å². The number of hydrogen-bond donors (Lipinski definition) is 2. The van der Waals surface area contributed by atoms with Gasteiger partial charge in [0.15, 0.2) is 0 Å². The monoisotopic (exact) mass is 381 g/mol. The van der Waals surface area contributed by atoms with Crippen LogP contribution in [0.25, 0.3) is 0 Å². The standard InChI is InChI=1S/C18H18F3N3O3/c1-11(24-12(2)25)16(26)23-10-13-5-4-8-22-17(13)27-15-7-3-6-14(9-15)18(19,20)21/h3-9,11H,10H2,1-2H3,(H,23,26)(H,24,25)/t11-/m0/s1. The number of carbonyl (C=O) groups excluding carboxylic acids is 2. The number of amides is 2. The Kier molecular flexibility index (Phi) is 6.38. The third-order valence-electron chi connectivity index (χ3n) is 3.49. The van der Waals surface area contributed by atoms with Crippen molar-refractivity contribution >= 4 is 11.8 Å². The van der Waals surface area contributed by atoms with E-state index in [0.717, 1.165) is 12.1 Å². The molecule has 1 heterocycles. The highest BCUT2D eigenvalue weighted by molar-refractivity contribution is 5.86. The molecule has 0 fully saturated rings. The van der Waals surface area contributed by atoms with Gasteiger partial charge in [0.05, 0.1) is 5.56 Å². The van der Waals surface area contributed by atoms with E-state index in [2.05, 4.69) is 15.6 Å². The van der Waals surface area contributed by atoms with Gasteiger partial charge in [0, 0.05) is 25.2 Å². The smallest absolute Gasteiger partial charge is 0.416 e. The van der Waals surface area contributed by atoms with Gasteiger partial charge in [0.25, 0.3) is 0 Å². The molecular weight excluding hydrogens is 363 g/mol. The molecule has 9 heteroatoms. The maximum atomic E-state index is 12.8. The van der Waals surface area contributed by atoms with E-state index in [1.807, 2.05) is 0 Å². The van der Waals surface area contributed by atoms with E-state index >= 15 is 0 Å². The summed E-state index contributed by atoms with van der Waals surface area (Å²) in [4.78, 5) is 27.0. The van der Waals surface area contributed by atoms with Gasteiger partial charge >= 0.3 is 6.18 Å². The Morgan fingerprint density at radius 3 is 2.63 bits per heavy atom. The van der Waals surface area contributed by atoms with Gasteiger partial charge in [-0.05, 0) is 31.2 Å². The van der Waals surface area contributed by atoms with Crippen LogP contribution >= 0.6 is 0 Å². The van der Waals surface area contributed by atoms with Crippen molar-refractivity contribution in [3.8, 4) is 11.6 Å². The Labute approximate surface area is 153 Å². The molecule has 2 rings (SSSR count). The van der Waals surface area contributed by atoms with Crippen molar-refractivity contribution in [2.45, 2.75) is 32.6 Å². The lowest BCUT2D eigenvalue weighted by molar-refractivity contribution is -0.137. The van der Waals surface area contributed by atoms with Crippen molar-refractivity contribution in [1.82, 2.24) is 15.6 Å². The van der Waals surface area contributed by atoms with Gasteiger partial charge in [-0.25, -0.2) is 4.98 Å². The molecule has 0 aliphatic rings. The molecule has 2 amide bonds. The van der Waals surface area contributed by atoms with Crippen molar-refractivity contribution < 1.29 is 27.5 Å². The minimum absolute atomic E-state index is 0.0253. The lowest BCUT2D eigenvalue weighted by Gasteiger charge is -2.15. The van der Waals surface area contributed by atoms with Crippen molar-refractivity contribution in [2.24, 2.45) is 0 Å². The summed E-state index contributed by atoms with van der Waals surface area (Å²) in [5, 5.41) is 5.06. The maximum Gasteiger partial charge on any atom is 0.416 e. The normalized spacial score (nSPS) is 12.2. The first kappa shape index (κ1) is 20.2. The number of alkyl halides is 3. The summed E-state index contributed by atoms with van der Waals surface area (Å²) >= 11 is 0. The van der Waals surface area contributed by atoms with E-state index in [1.54, 1.807) is 12.1 Å². The molecule has 1 atom stereocenters. The van der Waals surface area contributed by atoms with E-state index in [0.29, 0.717) is 5.56 Å². The molecular formula is C18H18F3N3O3. The van der Waals surface area contributed by atoms with Gasteiger partial charge in [-0.1, -0.05) is 12.1 Å². The summed E-state index contributed by atoms with van der Waals surface area (Å²) in [7, 11) is 0. The van der Waals surface area contributed by atoms with Crippen LogP contribution in [0.1, 0.15) is 25.0 Å². The van der Waals surface area contributed by atoms with Crippen molar-refractivity contribution in [3.63, 3.8) is 0 Å². The van der Waals surface area contributed by atoms with Crippen LogP contribution in [0.2, 0.25) is 0 Å². The summed E-state index contributed by atoms with van der Waals surface area (Å²) in [6.45, 7) is 2.86. The van der Waals surface area contributed by atoms with E-state index < -0.39 is 23.7 Å². The average molecular weight is 381 g/mol. The fraction of sp³-hybridized carbons (Fsp3) is 0.278. The number of hydrogen-bond acceptors (Lipinski definition) is 4. The Balaban J connectivity index is 2.10. The topological polar surface area (TPSA) is 80.3 Å². The number of pyridine rings is 1. The van der Waals surface area contributed by atoms with Crippen molar-refractivity contribution in [3.05, 3.63) is 53.7 Å². The van der Waals surface area contributed by atoms with Gasteiger partial charge in [-0.3, -0.25) is 9.59 Å². The van der Waals surface area contributed by atoms with E-state index in [-0.39, 0.29) is 24.1 Å². The van der Waals surface area contributed by atoms with E-state index in [9.17, 15) is 22.8 Å². The number of nitrogens with one attached hydrogen (secondary N) is 2. The minimum atomic E-state index is -4.49. The molecule has 0 bridgehead atoms. The van der Waals surface area contributed by atoms with Crippen LogP contribution in [-0.4, -0.2) is 22.8 Å². The van der Waals surface area contributed by atoms with Crippen LogP contribution in [0, 0.1) is 0 Å². The lowest BCUT2D eigenvalue weighted by atomic mass is 10.2. The average Bonchev–Trinajstić information content (AvgIpc) is 2.59. The summed E-state index contributed by atoms with van der Waals surface area (Å²) in [6, 6.07) is 6.93. The molecule has 0 unspecified atom stereocenters. The molecule has 0 aliphatic carbocycles. The molecule has 2 aromatic rings. The van der Waals surface area contributed by atoms with E-state index in [1.165, 1.54) is 32.2 Å². The zero-order valence-corrected chi connectivity index (χ0v) is 14.6. The number of benzene rings is 1.